The number of para-hydroxylation sites is 2. The van der Waals surface area contributed by atoms with Gasteiger partial charge in [-0.05, 0) is 42.8 Å². The van der Waals surface area contributed by atoms with Gasteiger partial charge in [-0.25, -0.2) is 9.97 Å². The van der Waals surface area contributed by atoms with Gasteiger partial charge in [0.2, 0.25) is 0 Å². The highest BCUT2D eigenvalue weighted by atomic mass is 32.2. The van der Waals surface area contributed by atoms with Crippen molar-refractivity contribution < 1.29 is 9.53 Å². The zero-order valence-electron chi connectivity index (χ0n) is 14.6. The molecule has 0 atom stereocenters. The summed E-state index contributed by atoms with van der Waals surface area (Å²) in [6.45, 7) is 1.93. The summed E-state index contributed by atoms with van der Waals surface area (Å²) in [4.78, 5) is 21.9. The van der Waals surface area contributed by atoms with Crippen molar-refractivity contribution in [3.63, 3.8) is 0 Å². The highest BCUT2D eigenvalue weighted by Crippen LogP contribution is 2.34. The molecule has 7 heteroatoms. The molecule has 1 amide bonds. The van der Waals surface area contributed by atoms with E-state index in [0.717, 1.165) is 33.5 Å². The number of nitrogens with one attached hydrogen (secondary N) is 1. The van der Waals surface area contributed by atoms with Gasteiger partial charge in [0.1, 0.15) is 10.1 Å². The molecule has 27 heavy (non-hydrogen) atoms. The Labute approximate surface area is 165 Å². The van der Waals surface area contributed by atoms with E-state index in [1.165, 1.54) is 11.8 Å². The second-order valence-electron chi connectivity index (χ2n) is 5.96. The third kappa shape index (κ3) is 3.43. The number of hydrogen-bond acceptors (Lipinski definition) is 6. The first kappa shape index (κ1) is 17.6. The number of carbonyl (C=O) groups excluding carboxylic acids is 1. The average molecular weight is 393 g/mol. The van der Waals surface area contributed by atoms with Gasteiger partial charge in [-0.3, -0.25) is 4.79 Å². The van der Waals surface area contributed by atoms with Gasteiger partial charge in [-0.2, -0.15) is 0 Å². The van der Waals surface area contributed by atoms with Gasteiger partial charge in [0.25, 0.3) is 5.91 Å². The van der Waals surface area contributed by atoms with Gasteiger partial charge in [0.15, 0.2) is 0 Å². The lowest BCUT2D eigenvalue weighted by Gasteiger charge is -2.12. The Morgan fingerprint density at radius 3 is 2.56 bits per heavy atom. The van der Waals surface area contributed by atoms with Crippen LogP contribution in [0.4, 0.5) is 0 Å². The molecule has 1 aliphatic rings. The van der Waals surface area contributed by atoms with E-state index in [2.05, 4.69) is 10.3 Å². The number of benzene rings is 2. The number of thiocarbonyl (C=S) groups is 1. The van der Waals surface area contributed by atoms with E-state index in [1.807, 2.05) is 55.5 Å². The van der Waals surface area contributed by atoms with E-state index in [9.17, 15) is 4.79 Å². The predicted octanol–water partition coefficient (Wildman–Crippen LogP) is 4.10. The first-order valence-electron chi connectivity index (χ1n) is 8.22. The molecular formula is C20H15N3O2S2. The minimum Gasteiger partial charge on any atom is -0.496 e. The first-order valence-corrected chi connectivity index (χ1v) is 9.44. The lowest BCUT2D eigenvalue weighted by Crippen LogP contribution is -2.17. The van der Waals surface area contributed by atoms with Crippen molar-refractivity contribution in [2.75, 3.05) is 7.11 Å². The van der Waals surface area contributed by atoms with Crippen molar-refractivity contribution in [3.05, 3.63) is 58.6 Å². The van der Waals surface area contributed by atoms with E-state index in [4.69, 9.17) is 21.9 Å². The topological polar surface area (TPSA) is 64.1 Å². The number of amides is 1. The first-order chi connectivity index (χ1) is 13.0. The number of aromatic nitrogens is 2. The molecular weight excluding hydrogens is 378 g/mol. The average Bonchev–Trinajstić information content (AvgIpc) is 2.98. The van der Waals surface area contributed by atoms with E-state index in [1.54, 1.807) is 7.11 Å². The van der Waals surface area contributed by atoms with Gasteiger partial charge in [0.05, 0.1) is 34.4 Å². The van der Waals surface area contributed by atoms with E-state index >= 15 is 0 Å². The van der Waals surface area contributed by atoms with Crippen molar-refractivity contribution >= 4 is 51.3 Å². The number of ether oxygens (including phenoxy) is 1. The van der Waals surface area contributed by atoms with Crippen LogP contribution < -0.4 is 10.1 Å². The number of rotatable bonds is 3. The Morgan fingerprint density at radius 2 is 1.89 bits per heavy atom. The van der Waals surface area contributed by atoms with Crippen LogP contribution in [-0.4, -0.2) is 27.3 Å². The summed E-state index contributed by atoms with van der Waals surface area (Å²) in [5, 5.41) is 2.63. The van der Waals surface area contributed by atoms with Crippen LogP contribution in [0.15, 0.2) is 47.4 Å². The predicted molar refractivity (Wildman–Crippen MR) is 113 cm³/mol. The van der Waals surface area contributed by atoms with Crippen LogP contribution >= 0.6 is 24.0 Å². The van der Waals surface area contributed by atoms with Crippen molar-refractivity contribution in [2.24, 2.45) is 0 Å². The number of carbonyl (C=O) groups is 1. The van der Waals surface area contributed by atoms with Crippen LogP contribution in [0.2, 0.25) is 0 Å². The molecule has 1 aromatic heterocycles. The van der Waals surface area contributed by atoms with Crippen molar-refractivity contribution in [1.82, 2.24) is 15.3 Å². The Kier molecular flexibility index (Phi) is 4.63. The summed E-state index contributed by atoms with van der Waals surface area (Å²) in [6.07, 6.45) is 1.81. The maximum atomic E-state index is 11.9. The van der Waals surface area contributed by atoms with E-state index < -0.39 is 0 Å². The second-order valence-corrected chi connectivity index (χ2v) is 7.68. The van der Waals surface area contributed by atoms with Crippen molar-refractivity contribution in [3.8, 4) is 17.0 Å². The Balaban J connectivity index is 1.85. The normalized spacial score (nSPS) is 15.4. The van der Waals surface area contributed by atoms with Crippen LogP contribution in [0.3, 0.4) is 0 Å². The molecule has 2 heterocycles. The maximum absolute atomic E-state index is 11.9. The monoisotopic (exact) mass is 393 g/mol. The van der Waals surface area contributed by atoms with Crippen LogP contribution in [0.25, 0.3) is 28.4 Å². The highest BCUT2D eigenvalue weighted by molar-refractivity contribution is 8.26. The molecule has 1 aliphatic heterocycles. The summed E-state index contributed by atoms with van der Waals surface area (Å²) >= 11 is 6.30. The fraction of sp³-hybridized carbons (Fsp3) is 0.100. The Hall–Kier alpha value is -2.77. The molecule has 2 aromatic carbocycles. The highest BCUT2D eigenvalue weighted by Gasteiger charge is 2.22. The summed E-state index contributed by atoms with van der Waals surface area (Å²) in [6, 6.07) is 13.5. The number of aryl methyl sites for hydroxylation is 1. The minimum absolute atomic E-state index is 0.177. The second kappa shape index (κ2) is 7.09. The molecule has 3 aromatic rings. The number of methoxy groups -OCH3 is 1. The Bertz CT molecular complexity index is 1130. The standard InChI is InChI=1S/C20H15N3O2S2/c1-11-18(22-15-6-4-3-5-14(15)21-11)13-9-12(7-8-16(13)25-2)10-17-19(24)23-20(26)27-17/h3-10H,1-2H3,(H,23,24,26). The summed E-state index contributed by atoms with van der Waals surface area (Å²) in [5.41, 5.74) is 4.93. The summed E-state index contributed by atoms with van der Waals surface area (Å²) < 4.78 is 6.00. The largest absolute Gasteiger partial charge is 0.496 e. The Morgan fingerprint density at radius 1 is 1.15 bits per heavy atom. The SMILES string of the molecule is COc1ccc(C=C2SC(=S)NC2=O)cc1-c1nc2ccccc2nc1C. The van der Waals surface area contributed by atoms with Crippen LogP contribution in [0.1, 0.15) is 11.3 Å². The quantitative estimate of drug-likeness (QED) is 0.534. The fourth-order valence-corrected chi connectivity index (χ4v) is 3.96. The van der Waals surface area contributed by atoms with Gasteiger partial charge >= 0.3 is 0 Å². The van der Waals surface area contributed by atoms with Gasteiger partial charge in [-0.15, -0.1) is 0 Å². The molecule has 134 valence electrons. The third-order valence-electron chi connectivity index (χ3n) is 4.16. The maximum Gasteiger partial charge on any atom is 0.263 e. The molecule has 5 nitrogen and oxygen atoms in total. The number of thioether (sulfide) groups is 1. The van der Waals surface area contributed by atoms with Gasteiger partial charge < -0.3 is 10.1 Å². The van der Waals surface area contributed by atoms with Crippen LogP contribution in [0.5, 0.6) is 5.75 Å². The molecule has 1 N–H and O–H groups in total. The molecule has 0 radical (unpaired) electrons. The zero-order chi connectivity index (χ0) is 19.0. The number of hydrogen-bond donors (Lipinski definition) is 1. The lowest BCUT2D eigenvalue weighted by atomic mass is 10.0. The van der Waals surface area contributed by atoms with Gasteiger partial charge in [0, 0.05) is 5.56 Å². The smallest absolute Gasteiger partial charge is 0.263 e. The number of nitrogens with zero attached hydrogens (tertiary/aromatic N) is 2. The van der Waals surface area contributed by atoms with Crippen molar-refractivity contribution in [2.45, 2.75) is 6.92 Å². The van der Waals surface area contributed by atoms with Crippen molar-refractivity contribution in [1.29, 1.82) is 0 Å². The molecule has 1 fully saturated rings. The molecule has 0 saturated carbocycles. The summed E-state index contributed by atoms with van der Waals surface area (Å²) in [5.74, 6) is 0.521. The number of fused-ring (bicyclic) bond motifs is 1. The zero-order valence-corrected chi connectivity index (χ0v) is 16.3. The molecule has 1 saturated heterocycles. The van der Waals surface area contributed by atoms with E-state index in [-0.39, 0.29) is 5.91 Å². The molecule has 0 bridgehead atoms. The summed E-state index contributed by atoms with van der Waals surface area (Å²) in [7, 11) is 1.62. The molecule has 0 aliphatic carbocycles. The molecule has 4 rings (SSSR count). The van der Waals surface area contributed by atoms with Crippen LogP contribution in [0, 0.1) is 6.92 Å². The van der Waals surface area contributed by atoms with E-state index in [0.29, 0.717) is 15.0 Å². The fourth-order valence-electron chi connectivity index (χ4n) is 2.92. The third-order valence-corrected chi connectivity index (χ3v) is 5.33. The minimum atomic E-state index is -0.177. The van der Waals surface area contributed by atoms with Crippen LogP contribution in [-0.2, 0) is 4.79 Å². The lowest BCUT2D eigenvalue weighted by molar-refractivity contribution is -0.115. The molecule has 0 spiro atoms. The molecule has 0 unspecified atom stereocenters. The van der Waals surface area contributed by atoms with Gasteiger partial charge in [-0.1, -0.05) is 42.2 Å².